The summed E-state index contributed by atoms with van der Waals surface area (Å²) in [4.78, 5) is 11.6. The van der Waals surface area contributed by atoms with E-state index in [0.29, 0.717) is 6.54 Å². The molecule has 0 spiro atoms. The lowest BCUT2D eigenvalue weighted by Crippen LogP contribution is -2.38. The Morgan fingerprint density at radius 3 is 2.61 bits per heavy atom. The van der Waals surface area contributed by atoms with E-state index in [1.54, 1.807) is 22.7 Å². The Hall–Kier alpha value is -0.380. The highest BCUT2D eigenvalue weighted by Gasteiger charge is 2.05. The molecule has 0 atom stereocenters. The molecule has 8 heteroatoms. The minimum absolute atomic E-state index is 0. The summed E-state index contributed by atoms with van der Waals surface area (Å²) >= 11 is 9.28. The highest BCUT2D eigenvalue weighted by atomic mass is 127. The second-order valence-corrected chi connectivity index (χ2v) is 7.91. The molecule has 0 amide bonds. The minimum Gasteiger partial charge on any atom is -0.357 e. The predicted octanol–water partition coefficient (Wildman–Crippen LogP) is 4.39. The third-order valence-electron chi connectivity index (χ3n) is 3.02. The molecule has 128 valence electrons. The Labute approximate surface area is 167 Å². The molecule has 2 heterocycles. The first-order valence-corrected chi connectivity index (χ1v) is 9.29. The van der Waals surface area contributed by atoms with Gasteiger partial charge < -0.3 is 10.6 Å². The second-order valence-electron chi connectivity index (χ2n) is 4.82. The Balaban J connectivity index is 0.00000264. The quantitative estimate of drug-likeness (QED) is 0.363. The second kappa shape index (κ2) is 10.5. The van der Waals surface area contributed by atoms with Crippen LogP contribution in [0, 0.1) is 13.8 Å². The summed E-state index contributed by atoms with van der Waals surface area (Å²) in [6, 6.07) is 4.01. The standard InChI is InChI=1S/C15H21ClN4S2.HI/c1-4-17-15(18-8-7-12-5-6-14(16)22-12)19-9-13-10(2)20-11(3)21-13;/h5-6H,4,7-9H2,1-3H3,(H2,17,18,19);1H. The van der Waals surface area contributed by atoms with Crippen LogP contribution >= 0.6 is 58.3 Å². The third kappa shape index (κ3) is 6.94. The largest absolute Gasteiger partial charge is 0.357 e. The van der Waals surface area contributed by atoms with Crippen molar-refractivity contribution in [2.45, 2.75) is 33.7 Å². The van der Waals surface area contributed by atoms with E-state index in [0.717, 1.165) is 40.5 Å². The predicted molar refractivity (Wildman–Crippen MR) is 113 cm³/mol. The molecule has 0 radical (unpaired) electrons. The lowest BCUT2D eigenvalue weighted by atomic mass is 10.3. The van der Waals surface area contributed by atoms with E-state index < -0.39 is 0 Å². The van der Waals surface area contributed by atoms with E-state index in [-0.39, 0.29) is 24.0 Å². The monoisotopic (exact) mass is 484 g/mol. The fourth-order valence-electron chi connectivity index (χ4n) is 2.00. The molecule has 0 aliphatic rings. The molecule has 2 rings (SSSR count). The maximum absolute atomic E-state index is 5.94. The van der Waals surface area contributed by atoms with Crippen LogP contribution in [0.15, 0.2) is 17.1 Å². The van der Waals surface area contributed by atoms with Crippen molar-refractivity contribution in [3.63, 3.8) is 0 Å². The molecule has 0 fully saturated rings. The molecule has 2 aromatic heterocycles. The third-order valence-corrected chi connectivity index (χ3v) is 5.37. The van der Waals surface area contributed by atoms with Gasteiger partial charge in [0.1, 0.15) is 0 Å². The molecule has 2 N–H and O–H groups in total. The van der Waals surface area contributed by atoms with Crippen LogP contribution < -0.4 is 10.6 Å². The Kier molecular flexibility index (Phi) is 9.41. The maximum Gasteiger partial charge on any atom is 0.191 e. The van der Waals surface area contributed by atoms with Crippen LogP contribution in [0.4, 0.5) is 0 Å². The fraction of sp³-hybridized carbons (Fsp3) is 0.467. The van der Waals surface area contributed by atoms with Crippen molar-refractivity contribution in [1.82, 2.24) is 15.6 Å². The zero-order valence-electron chi connectivity index (χ0n) is 13.5. The summed E-state index contributed by atoms with van der Waals surface area (Å²) in [5.74, 6) is 0.843. The Morgan fingerprint density at radius 2 is 2.04 bits per heavy atom. The van der Waals surface area contributed by atoms with Crippen LogP contribution in [0.5, 0.6) is 0 Å². The first kappa shape index (κ1) is 20.7. The van der Waals surface area contributed by atoms with E-state index in [1.807, 2.05) is 19.9 Å². The summed E-state index contributed by atoms with van der Waals surface area (Å²) in [5, 5.41) is 7.73. The summed E-state index contributed by atoms with van der Waals surface area (Å²) in [6.45, 7) is 8.48. The van der Waals surface area contributed by atoms with Crippen molar-refractivity contribution in [1.29, 1.82) is 0 Å². The molecule has 0 saturated carbocycles. The molecule has 0 saturated heterocycles. The van der Waals surface area contributed by atoms with E-state index >= 15 is 0 Å². The fourth-order valence-corrected chi connectivity index (χ4v) is 3.95. The zero-order valence-corrected chi connectivity index (χ0v) is 18.2. The summed E-state index contributed by atoms with van der Waals surface area (Å²) in [7, 11) is 0. The van der Waals surface area contributed by atoms with Gasteiger partial charge in [-0.1, -0.05) is 11.6 Å². The van der Waals surface area contributed by atoms with Crippen LogP contribution in [0.3, 0.4) is 0 Å². The molecule has 0 aliphatic carbocycles. The van der Waals surface area contributed by atoms with Gasteiger partial charge in [0.05, 0.1) is 21.6 Å². The van der Waals surface area contributed by atoms with Gasteiger partial charge in [0.15, 0.2) is 5.96 Å². The number of guanidine groups is 1. The van der Waals surface area contributed by atoms with Gasteiger partial charge >= 0.3 is 0 Å². The normalized spacial score (nSPS) is 11.2. The van der Waals surface area contributed by atoms with Crippen molar-refractivity contribution in [2.75, 3.05) is 13.1 Å². The zero-order chi connectivity index (χ0) is 15.9. The average molecular weight is 485 g/mol. The van der Waals surface area contributed by atoms with E-state index in [4.69, 9.17) is 11.6 Å². The molecular formula is C15H22ClIN4S2. The number of thiazole rings is 1. The van der Waals surface area contributed by atoms with E-state index in [9.17, 15) is 0 Å². The van der Waals surface area contributed by atoms with Crippen molar-refractivity contribution in [3.8, 4) is 0 Å². The highest BCUT2D eigenvalue weighted by Crippen LogP contribution is 2.21. The van der Waals surface area contributed by atoms with Crippen LogP contribution in [0.25, 0.3) is 0 Å². The number of halogens is 2. The molecule has 0 aromatic carbocycles. The SMILES string of the molecule is CCNC(=NCc1sc(C)nc1C)NCCc1ccc(Cl)s1.I. The number of rotatable bonds is 6. The van der Waals surface area contributed by atoms with Crippen molar-refractivity contribution >= 4 is 64.2 Å². The van der Waals surface area contributed by atoms with Crippen molar-refractivity contribution < 1.29 is 0 Å². The average Bonchev–Trinajstić information content (AvgIpc) is 3.01. The molecular weight excluding hydrogens is 463 g/mol. The minimum atomic E-state index is 0. The molecule has 0 aliphatic heterocycles. The molecule has 0 unspecified atom stereocenters. The van der Waals surface area contributed by atoms with Gasteiger partial charge in [-0.25, -0.2) is 9.98 Å². The number of thiophene rings is 1. The number of hydrogen-bond acceptors (Lipinski definition) is 4. The van der Waals surface area contributed by atoms with Gasteiger partial charge in [0.2, 0.25) is 0 Å². The first-order chi connectivity index (χ1) is 10.6. The van der Waals surface area contributed by atoms with Gasteiger partial charge in [0.25, 0.3) is 0 Å². The van der Waals surface area contributed by atoms with Gasteiger partial charge in [-0.2, -0.15) is 0 Å². The van der Waals surface area contributed by atoms with Crippen molar-refractivity contribution in [2.24, 2.45) is 4.99 Å². The van der Waals surface area contributed by atoms with Crippen LogP contribution in [-0.2, 0) is 13.0 Å². The van der Waals surface area contributed by atoms with Gasteiger partial charge in [0, 0.05) is 22.8 Å². The van der Waals surface area contributed by atoms with Gasteiger partial charge in [-0.15, -0.1) is 46.7 Å². The molecule has 23 heavy (non-hydrogen) atoms. The van der Waals surface area contributed by atoms with Crippen LogP contribution in [-0.4, -0.2) is 24.0 Å². The topological polar surface area (TPSA) is 49.3 Å². The number of nitrogens with zero attached hydrogens (tertiary/aromatic N) is 2. The molecule has 4 nitrogen and oxygen atoms in total. The first-order valence-electron chi connectivity index (χ1n) is 7.27. The van der Waals surface area contributed by atoms with E-state index in [2.05, 4.69) is 33.6 Å². The Bertz CT molecular complexity index is 639. The summed E-state index contributed by atoms with van der Waals surface area (Å²) < 4.78 is 0.839. The lowest BCUT2D eigenvalue weighted by molar-refractivity contribution is 0.805. The number of aliphatic imine (C=N–C) groups is 1. The van der Waals surface area contributed by atoms with Gasteiger partial charge in [-0.3, -0.25) is 0 Å². The van der Waals surface area contributed by atoms with Crippen molar-refractivity contribution in [3.05, 3.63) is 36.9 Å². The van der Waals surface area contributed by atoms with Crippen LogP contribution in [0.2, 0.25) is 4.34 Å². The lowest BCUT2D eigenvalue weighted by Gasteiger charge is -2.10. The Morgan fingerprint density at radius 1 is 1.26 bits per heavy atom. The molecule has 2 aromatic rings. The summed E-state index contributed by atoms with van der Waals surface area (Å²) in [5.41, 5.74) is 1.08. The van der Waals surface area contributed by atoms with Crippen LogP contribution in [0.1, 0.15) is 27.4 Å². The molecule has 0 bridgehead atoms. The summed E-state index contributed by atoms with van der Waals surface area (Å²) in [6.07, 6.45) is 0.945. The number of aryl methyl sites for hydroxylation is 2. The highest BCUT2D eigenvalue weighted by molar-refractivity contribution is 14.0. The number of aromatic nitrogens is 1. The van der Waals surface area contributed by atoms with E-state index in [1.165, 1.54) is 9.75 Å². The number of nitrogens with one attached hydrogen (secondary N) is 2. The smallest absolute Gasteiger partial charge is 0.191 e. The number of hydrogen-bond donors (Lipinski definition) is 2. The van der Waals surface area contributed by atoms with Gasteiger partial charge in [-0.05, 0) is 39.3 Å². The maximum atomic E-state index is 5.94.